The topological polar surface area (TPSA) is 63.1 Å². The molecule has 2 heterocycles. The Morgan fingerprint density at radius 2 is 0.943 bits per heavy atom. The van der Waals surface area contributed by atoms with Crippen molar-refractivity contribution in [3.8, 4) is 78.7 Å². The molecule has 336 valence electrons. The van der Waals surface area contributed by atoms with Gasteiger partial charge in [-0.2, -0.15) is 0 Å². The SMILES string of the molecule is Cc1ccc(-c2nc(-c3ccccc3)nc(-c3ccc(-c4ccccc4)cc3)n2)cc1-c1cccc(-c2cccc(-c3cccc(C4=NC(c5ccccc5)NC(C5=CC=CCC5C)=C5CC45)c3)c2)c1. The van der Waals surface area contributed by atoms with Gasteiger partial charge in [-0.1, -0.05) is 207 Å². The molecule has 1 N–H and O–H groups in total. The van der Waals surface area contributed by atoms with E-state index >= 15 is 0 Å². The summed E-state index contributed by atoms with van der Waals surface area (Å²) >= 11 is 0. The van der Waals surface area contributed by atoms with Crippen LogP contribution >= 0.6 is 0 Å². The largest absolute Gasteiger partial charge is 0.360 e. The van der Waals surface area contributed by atoms with Crippen molar-refractivity contribution in [3.05, 3.63) is 258 Å². The quantitative estimate of drug-likeness (QED) is 0.149. The van der Waals surface area contributed by atoms with E-state index in [9.17, 15) is 0 Å². The van der Waals surface area contributed by atoms with Gasteiger partial charge in [-0.05, 0) is 122 Å². The fourth-order valence-corrected chi connectivity index (χ4v) is 10.1. The molecule has 0 radical (unpaired) electrons. The molecule has 12 rings (SSSR count). The zero-order chi connectivity index (χ0) is 47.0. The van der Waals surface area contributed by atoms with Crippen LogP contribution in [0.2, 0.25) is 0 Å². The monoisotopic (exact) mass is 901 g/mol. The average molecular weight is 902 g/mol. The minimum atomic E-state index is -0.168. The Bertz CT molecular complexity index is 3530. The Labute approximate surface area is 410 Å². The fraction of sp³-hybridized carbons (Fsp3) is 0.108. The van der Waals surface area contributed by atoms with Gasteiger partial charge in [-0.25, -0.2) is 15.0 Å². The zero-order valence-corrected chi connectivity index (χ0v) is 39.3. The van der Waals surface area contributed by atoms with Gasteiger partial charge in [0.1, 0.15) is 6.17 Å². The van der Waals surface area contributed by atoms with Crippen LogP contribution in [0.1, 0.15) is 42.6 Å². The molecule has 3 unspecified atom stereocenters. The minimum Gasteiger partial charge on any atom is -0.360 e. The van der Waals surface area contributed by atoms with Crippen LogP contribution in [0.25, 0.3) is 78.7 Å². The van der Waals surface area contributed by atoms with Crippen molar-refractivity contribution >= 4 is 5.71 Å². The van der Waals surface area contributed by atoms with Crippen molar-refractivity contribution in [2.24, 2.45) is 16.8 Å². The summed E-state index contributed by atoms with van der Waals surface area (Å²) in [6.07, 6.45) is 8.71. The number of rotatable bonds is 10. The van der Waals surface area contributed by atoms with Crippen molar-refractivity contribution in [2.75, 3.05) is 0 Å². The molecular formula is C65H51N5. The zero-order valence-electron chi connectivity index (χ0n) is 39.3. The van der Waals surface area contributed by atoms with Gasteiger partial charge in [0, 0.05) is 28.3 Å². The van der Waals surface area contributed by atoms with Crippen LogP contribution in [0.3, 0.4) is 0 Å². The van der Waals surface area contributed by atoms with Crippen molar-refractivity contribution in [3.63, 3.8) is 0 Å². The summed E-state index contributed by atoms with van der Waals surface area (Å²) in [5.41, 5.74) is 20.9. The van der Waals surface area contributed by atoms with E-state index in [-0.39, 0.29) is 6.17 Å². The second-order valence-electron chi connectivity index (χ2n) is 18.7. The summed E-state index contributed by atoms with van der Waals surface area (Å²) in [4.78, 5) is 20.8. The molecule has 0 saturated heterocycles. The van der Waals surface area contributed by atoms with E-state index in [4.69, 9.17) is 19.9 Å². The molecule has 9 aromatic rings. The third kappa shape index (κ3) is 8.63. The average Bonchev–Trinajstić information content (AvgIpc) is 4.24. The number of nitrogens with one attached hydrogen (secondary N) is 1. The lowest BCUT2D eigenvalue weighted by molar-refractivity contribution is 0.600. The minimum absolute atomic E-state index is 0.168. The van der Waals surface area contributed by atoms with E-state index in [1.54, 1.807) is 0 Å². The highest BCUT2D eigenvalue weighted by atomic mass is 15.1. The van der Waals surface area contributed by atoms with Gasteiger partial charge in [0.05, 0.1) is 5.71 Å². The summed E-state index contributed by atoms with van der Waals surface area (Å²) < 4.78 is 0. The molecule has 1 aromatic heterocycles. The van der Waals surface area contributed by atoms with Crippen LogP contribution in [0.15, 0.2) is 246 Å². The number of nitrogens with zero attached hydrogens (tertiary/aromatic N) is 4. The maximum Gasteiger partial charge on any atom is 0.164 e. The first-order valence-electron chi connectivity index (χ1n) is 24.4. The molecule has 0 bridgehead atoms. The molecule has 8 aromatic carbocycles. The first kappa shape index (κ1) is 42.8. The Hall–Kier alpha value is -8.54. The fourth-order valence-electron chi connectivity index (χ4n) is 10.1. The molecule has 70 heavy (non-hydrogen) atoms. The second kappa shape index (κ2) is 18.5. The number of aliphatic imine (C=N–C) groups is 1. The highest BCUT2D eigenvalue weighted by molar-refractivity contribution is 6.07. The number of allylic oxidation sites excluding steroid dienone is 5. The predicted octanol–water partition coefficient (Wildman–Crippen LogP) is 15.7. The smallest absolute Gasteiger partial charge is 0.164 e. The third-order valence-corrected chi connectivity index (χ3v) is 14.0. The van der Waals surface area contributed by atoms with Crippen LogP contribution < -0.4 is 5.32 Å². The van der Waals surface area contributed by atoms with Crippen LogP contribution in [-0.4, -0.2) is 20.7 Å². The summed E-state index contributed by atoms with van der Waals surface area (Å²) in [5, 5.41) is 3.93. The molecule has 1 aliphatic heterocycles. The normalized spacial score (nSPS) is 17.2. The highest BCUT2D eigenvalue weighted by Gasteiger charge is 2.42. The summed E-state index contributed by atoms with van der Waals surface area (Å²) in [6.45, 7) is 4.51. The summed E-state index contributed by atoms with van der Waals surface area (Å²) in [5.74, 6) is 2.67. The number of benzene rings is 8. The molecule has 5 nitrogen and oxygen atoms in total. The van der Waals surface area contributed by atoms with Crippen LogP contribution in [0, 0.1) is 18.8 Å². The van der Waals surface area contributed by atoms with Crippen molar-refractivity contribution in [2.45, 2.75) is 32.9 Å². The van der Waals surface area contributed by atoms with Crippen molar-refractivity contribution in [1.29, 1.82) is 0 Å². The molecule has 1 saturated carbocycles. The second-order valence-corrected chi connectivity index (χ2v) is 18.7. The number of fused-ring (bicyclic) bond motifs is 1. The van der Waals surface area contributed by atoms with Crippen molar-refractivity contribution < 1.29 is 0 Å². The lowest BCUT2D eigenvalue weighted by Crippen LogP contribution is -2.23. The van der Waals surface area contributed by atoms with Gasteiger partial charge in [0.25, 0.3) is 0 Å². The first-order chi connectivity index (χ1) is 34.5. The third-order valence-electron chi connectivity index (χ3n) is 14.0. The molecule has 0 amide bonds. The van der Waals surface area contributed by atoms with E-state index in [1.807, 2.05) is 24.3 Å². The van der Waals surface area contributed by atoms with Crippen molar-refractivity contribution in [1.82, 2.24) is 20.3 Å². The Morgan fingerprint density at radius 3 is 1.59 bits per heavy atom. The molecule has 0 spiro atoms. The van der Waals surface area contributed by atoms with E-state index in [0.29, 0.717) is 29.3 Å². The van der Waals surface area contributed by atoms with E-state index < -0.39 is 0 Å². The number of hydrogen-bond acceptors (Lipinski definition) is 5. The lowest BCUT2D eigenvalue weighted by Gasteiger charge is -2.24. The van der Waals surface area contributed by atoms with Gasteiger partial charge >= 0.3 is 0 Å². The molecule has 3 aliphatic rings. The molecule has 1 fully saturated rings. The number of hydrogen-bond donors (Lipinski definition) is 1. The number of aromatic nitrogens is 3. The van der Waals surface area contributed by atoms with E-state index in [1.165, 1.54) is 50.2 Å². The summed E-state index contributed by atoms with van der Waals surface area (Å²) in [7, 11) is 0. The highest BCUT2D eigenvalue weighted by Crippen LogP contribution is 2.49. The molecule has 2 aliphatic carbocycles. The van der Waals surface area contributed by atoms with E-state index in [2.05, 4.69) is 219 Å². The molecule has 3 atom stereocenters. The van der Waals surface area contributed by atoms with Gasteiger partial charge in [0.15, 0.2) is 17.5 Å². The predicted molar refractivity (Wildman–Crippen MR) is 288 cm³/mol. The Balaban J connectivity index is 0.859. The molecular weight excluding hydrogens is 851 g/mol. The standard InChI is InChI=1S/C65H51N5/c1-42-17-12-13-30-56(42)61-59-41-58(59)60(66-62(67-61)46-20-8-4-9-21-46)54-29-16-27-52(39-54)50-25-14-24-49(37-50)51-26-15-28-53(38-51)57-40-55(32-31-43(57)2)65-69-63(47-22-10-5-11-23-47)68-64(70-65)48-35-33-45(34-36-48)44-18-6-3-7-19-44/h3-16,18-40,42,58,62,67H,17,41H2,1-2H3. The van der Waals surface area contributed by atoms with Crippen LogP contribution in [0.5, 0.6) is 0 Å². The van der Waals surface area contributed by atoms with Gasteiger partial charge in [-0.15, -0.1) is 0 Å². The van der Waals surface area contributed by atoms with Gasteiger partial charge in [0.2, 0.25) is 0 Å². The number of aryl methyl sites for hydroxylation is 1. The van der Waals surface area contributed by atoms with Gasteiger partial charge in [-0.3, -0.25) is 4.99 Å². The maximum absolute atomic E-state index is 5.54. The van der Waals surface area contributed by atoms with Gasteiger partial charge < -0.3 is 5.32 Å². The summed E-state index contributed by atoms with van der Waals surface area (Å²) in [6, 6.07) is 73.0. The molecule has 5 heteroatoms. The Kier molecular flexibility index (Phi) is 11.3. The Morgan fingerprint density at radius 1 is 0.457 bits per heavy atom. The van der Waals surface area contributed by atoms with E-state index in [0.717, 1.165) is 63.1 Å². The van der Waals surface area contributed by atoms with Crippen LogP contribution in [0.4, 0.5) is 0 Å². The maximum atomic E-state index is 5.54. The first-order valence-corrected chi connectivity index (χ1v) is 24.4. The van der Waals surface area contributed by atoms with Crippen LogP contribution in [-0.2, 0) is 0 Å². The lowest BCUT2D eigenvalue weighted by atomic mass is 9.90.